The Morgan fingerprint density at radius 2 is 1.41 bits per heavy atom. The van der Waals surface area contributed by atoms with E-state index in [4.69, 9.17) is 0 Å². The molecule has 7 nitrogen and oxygen atoms in total. The first-order chi connectivity index (χ1) is 10.1. The maximum absolute atomic E-state index is 12.7. The van der Waals surface area contributed by atoms with Crippen LogP contribution in [-0.4, -0.2) is 63.9 Å². The zero-order valence-electron chi connectivity index (χ0n) is 13.5. The molecule has 2 rings (SSSR count). The highest BCUT2D eigenvalue weighted by Gasteiger charge is 2.36. The van der Waals surface area contributed by atoms with Gasteiger partial charge in [-0.25, -0.2) is 13.1 Å². The largest absolute Gasteiger partial charge is 0.281 e. The molecule has 0 unspecified atom stereocenters. The molecule has 0 amide bonds. The zero-order valence-corrected chi connectivity index (χ0v) is 15.2. The van der Waals surface area contributed by atoms with Gasteiger partial charge >= 0.3 is 0 Å². The molecule has 130 valence electrons. The Kier molecular flexibility index (Phi) is 5.54. The summed E-state index contributed by atoms with van der Waals surface area (Å²) in [5.74, 6) is 0.755. The van der Waals surface area contributed by atoms with Crippen molar-refractivity contribution >= 4 is 20.2 Å². The molecule has 2 heterocycles. The second kappa shape index (κ2) is 6.72. The van der Waals surface area contributed by atoms with E-state index in [2.05, 4.69) is 18.6 Å². The van der Waals surface area contributed by atoms with Crippen LogP contribution in [0.1, 0.15) is 33.1 Å². The second-order valence-corrected chi connectivity index (χ2v) is 10.5. The fourth-order valence-electron chi connectivity index (χ4n) is 3.46. The van der Waals surface area contributed by atoms with Gasteiger partial charge in [0.2, 0.25) is 10.0 Å². The van der Waals surface area contributed by atoms with E-state index in [1.807, 2.05) is 0 Å². The van der Waals surface area contributed by atoms with Crippen molar-refractivity contribution in [2.75, 3.05) is 32.4 Å². The first-order valence-electron chi connectivity index (χ1n) is 7.80. The molecular formula is C13H27N3O4S2. The van der Waals surface area contributed by atoms with Gasteiger partial charge in [-0.3, -0.25) is 0 Å². The first-order valence-corrected chi connectivity index (χ1v) is 11.1. The number of nitrogens with one attached hydrogen (secondary N) is 1. The minimum atomic E-state index is -3.43. The van der Waals surface area contributed by atoms with Gasteiger partial charge in [-0.1, -0.05) is 13.8 Å². The lowest BCUT2D eigenvalue weighted by Crippen LogP contribution is -2.53. The molecule has 2 aliphatic rings. The summed E-state index contributed by atoms with van der Waals surface area (Å²) < 4.78 is 53.6. The Morgan fingerprint density at radius 3 is 1.86 bits per heavy atom. The molecule has 0 aliphatic carbocycles. The standard InChI is InChI=1S/C13H27N3O4S2/c1-11-8-12(2)10-16(9-11)22(19,20)15-6-4-13(5-7-15)14-21(3,17)18/h11-14H,4-10H2,1-3H3/t11-,12+. The zero-order chi connectivity index (χ0) is 16.5. The molecule has 2 atom stereocenters. The van der Waals surface area contributed by atoms with Gasteiger partial charge < -0.3 is 0 Å². The Morgan fingerprint density at radius 1 is 0.909 bits per heavy atom. The van der Waals surface area contributed by atoms with E-state index >= 15 is 0 Å². The van der Waals surface area contributed by atoms with Crippen molar-refractivity contribution in [3.8, 4) is 0 Å². The smallest absolute Gasteiger partial charge is 0.213 e. The Balaban J connectivity index is 1.97. The lowest BCUT2D eigenvalue weighted by molar-refractivity contribution is 0.201. The van der Waals surface area contributed by atoms with Gasteiger partial charge in [0.1, 0.15) is 0 Å². The molecule has 0 aromatic rings. The Bertz CT molecular complexity index is 572. The molecule has 0 aromatic heterocycles. The van der Waals surface area contributed by atoms with Crippen molar-refractivity contribution in [1.82, 2.24) is 13.3 Å². The van der Waals surface area contributed by atoms with Crippen molar-refractivity contribution in [1.29, 1.82) is 0 Å². The third kappa shape index (κ3) is 4.64. The summed E-state index contributed by atoms with van der Waals surface area (Å²) >= 11 is 0. The lowest BCUT2D eigenvalue weighted by atomic mass is 9.94. The molecule has 0 aromatic carbocycles. The van der Waals surface area contributed by atoms with Crippen molar-refractivity contribution < 1.29 is 16.8 Å². The fraction of sp³-hybridized carbons (Fsp3) is 1.00. The van der Waals surface area contributed by atoms with Crippen molar-refractivity contribution in [3.63, 3.8) is 0 Å². The van der Waals surface area contributed by atoms with Gasteiger partial charge in [-0.15, -0.1) is 0 Å². The van der Waals surface area contributed by atoms with Gasteiger partial charge in [0.15, 0.2) is 0 Å². The fourth-order valence-corrected chi connectivity index (χ4v) is 6.19. The predicted molar refractivity (Wildman–Crippen MR) is 86.0 cm³/mol. The third-order valence-electron chi connectivity index (χ3n) is 4.32. The van der Waals surface area contributed by atoms with Crippen LogP contribution in [0.4, 0.5) is 0 Å². The van der Waals surface area contributed by atoms with Crippen LogP contribution in [0.3, 0.4) is 0 Å². The highest BCUT2D eigenvalue weighted by molar-refractivity contribution is 7.88. The summed E-state index contributed by atoms with van der Waals surface area (Å²) in [6, 6.07) is -0.166. The number of hydrogen-bond acceptors (Lipinski definition) is 4. The maximum Gasteiger partial charge on any atom is 0.281 e. The summed E-state index contributed by atoms with van der Waals surface area (Å²) in [4.78, 5) is 0. The molecule has 9 heteroatoms. The highest BCUT2D eigenvalue weighted by atomic mass is 32.2. The molecular weight excluding hydrogens is 326 g/mol. The van der Waals surface area contributed by atoms with E-state index in [9.17, 15) is 16.8 Å². The van der Waals surface area contributed by atoms with E-state index in [1.54, 1.807) is 4.31 Å². The number of rotatable bonds is 4. The summed E-state index contributed by atoms with van der Waals surface area (Å²) in [7, 11) is -6.67. The van der Waals surface area contributed by atoms with Crippen molar-refractivity contribution in [3.05, 3.63) is 0 Å². The number of nitrogens with zero attached hydrogens (tertiary/aromatic N) is 2. The summed E-state index contributed by atoms with van der Waals surface area (Å²) in [5.41, 5.74) is 0. The van der Waals surface area contributed by atoms with E-state index < -0.39 is 20.2 Å². The maximum atomic E-state index is 12.7. The molecule has 0 spiro atoms. The molecule has 2 saturated heterocycles. The quantitative estimate of drug-likeness (QED) is 0.783. The van der Waals surface area contributed by atoms with Crippen LogP contribution in [0.15, 0.2) is 0 Å². The molecule has 2 aliphatic heterocycles. The van der Waals surface area contributed by atoms with Crippen molar-refractivity contribution in [2.45, 2.75) is 39.2 Å². The van der Waals surface area contributed by atoms with Gasteiger partial charge in [0.05, 0.1) is 6.26 Å². The van der Waals surface area contributed by atoms with Gasteiger partial charge in [-0.05, 0) is 31.1 Å². The minimum absolute atomic E-state index is 0.166. The molecule has 0 saturated carbocycles. The van der Waals surface area contributed by atoms with Crippen LogP contribution in [0, 0.1) is 11.8 Å². The van der Waals surface area contributed by atoms with Gasteiger partial charge in [0.25, 0.3) is 10.2 Å². The van der Waals surface area contributed by atoms with Crippen LogP contribution in [0.25, 0.3) is 0 Å². The molecule has 2 fully saturated rings. The summed E-state index contributed by atoms with van der Waals surface area (Å²) in [5, 5.41) is 0. The van der Waals surface area contributed by atoms with E-state index in [1.165, 1.54) is 4.31 Å². The van der Waals surface area contributed by atoms with E-state index in [0.717, 1.165) is 12.7 Å². The minimum Gasteiger partial charge on any atom is -0.213 e. The van der Waals surface area contributed by atoms with Gasteiger partial charge in [-0.2, -0.15) is 17.0 Å². The molecule has 0 radical (unpaired) electrons. The van der Waals surface area contributed by atoms with Crippen molar-refractivity contribution in [2.24, 2.45) is 11.8 Å². The van der Waals surface area contributed by atoms with E-state index in [-0.39, 0.29) is 6.04 Å². The third-order valence-corrected chi connectivity index (χ3v) is 7.05. The lowest BCUT2D eigenvalue weighted by Gasteiger charge is -2.39. The average Bonchev–Trinajstić information content (AvgIpc) is 2.36. The van der Waals surface area contributed by atoms with Crippen LogP contribution in [-0.2, 0) is 20.2 Å². The van der Waals surface area contributed by atoms with Crippen LogP contribution in [0.5, 0.6) is 0 Å². The van der Waals surface area contributed by atoms with E-state index in [0.29, 0.717) is 50.9 Å². The first kappa shape index (κ1) is 18.1. The Labute approximate surface area is 134 Å². The second-order valence-electron chi connectivity index (χ2n) is 6.83. The molecule has 1 N–H and O–H groups in total. The number of piperidine rings is 2. The van der Waals surface area contributed by atoms with Gasteiger partial charge in [0, 0.05) is 32.2 Å². The highest BCUT2D eigenvalue weighted by Crippen LogP contribution is 2.26. The number of hydrogen-bond donors (Lipinski definition) is 1. The SMILES string of the molecule is C[C@@H]1C[C@H](C)CN(S(=O)(=O)N2CCC(NS(C)(=O)=O)CC2)C1. The molecule has 22 heavy (non-hydrogen) atoms. The summed E-state index contributed by atoms with van der Waals surface area (Å²) in [6.07, 6.45) is 3.23. The summed E-state index contributed by atoms with van der Waals surface area (Å²) in [6.45, 7) is 6.06. The topological polar surface area (TPSA) is 86.8 Å². The average molecular weight is 354 g/mol. The number of sulfonamides is 1. The normalized spacial score (nSPS) is 30.5. The van der Waals surface area contributed by atoms with Crippen LogP contribution in [0.2, 0.25) is 0 Å². The molecule has 0 bridgehead atoms. The predicted octanol–water partition coefficient (Wildman–Crippen LogP) is 0.223. The van der Waals surface area contributed by atoms with Crippen LogP contribution >= 0.6 is 0 Å². The monoisotopic (exact) mass is 353 g/mol. The Hall–Kier alpha value is -0.220. The van der Waals surface area contributed by atoms with Crippen LogP contribution < -0.4 is 4.72 Å².